The number of benzene rings is 2. The summed E-state index contributed by atoms with van der Waals surface area (Å²) in [7, 11) is -2.44. The van der Waals surface area contributed by atoms with E-state index in [4.69, 9.17) is 0 Å². The Kier molecular flexibility index (Phi) is 8.71. The Balaban J connectivity index is 1.85. The molecule has 0 aliphatic carbocycles. The molecule has 0 atom stereocenters. The molecule has 1 fully saturated rings. The van der Waals surface area contributed by atoms with Crippen LogP contribution in [0, 0.1) is 11.7 Å². The lowest BCUT2D eigenvalue weighted by Crippen LogP contribution is -2.35. The molecule has 0 spiro atoms. The molecule has 0 bridgehead atoms. The minimum atomic E-state index is -3.66. The monoisotopic (exact) mass is 490 g/mol. The second-order valence-electron chi connectivity index (χ2n) is 9.27. The Morgan fingerprint density at radius 1 is 1.18 bits per heavy atom. The summed E-state index contributed by atoms with van der Waals surface area (Å²) in [5, 5.41) is 0. The molecule has 1 heterocycles. The lowest BCUT2D eigenvalue weighted by molar-refractivity contribution is 0.0600. The lowest BCUT2D eigenvalue weighted by Gasteiger charge is -2.33. The standard InChI is InChI=1S/C26H35FN2O4S/c1-5-34(31,32)29(18-23-10-9-22(16-25(23)27)26(30)33-4)24-8-6-7-21(15-24)20-11-13-28(14-12-20)17-19(2)3/h6-10,15-16,19-20H,5,11-14,17-18H2,1-4H3. The highest BCUT2D eigenvalue weighted by molar-refractivity contribution is 7.92. The van der Waals surface area contributed by atoms with Crippen LogP contribution in [0.4, 0.5) is 10.1 Å². The molecular formula is C26H35FN2O4S. The number of carbonyl (C=O) groups excluding carboxylic acids is 1. The SMILES string of the molecule is CCS(=O)(=O)N(Cc1ccc(C(=O)OC)cc1F)c1cccc(C2CCN(CC(C)C)CC2)c1. The van der Waals surface area contributed by atoms with Crippen LogP contribution in [0.25, 0.3) is 0 Å². The van der Waals surface area contributed by atoms with Crippen molar-refractivity contribution in [1.29, 1.82) is 0 Å². The number of hydrogen-bond acceptors (Lipinski definition) is 5. The molecule has 1 saturated heterocycles. The summed E-state index contributed by atoms with van der Waals surface area (Å²) in [5.74, 6) is -0.393. The van der Waals surface area contributed by atoms with E-state index in [1.54, 1.807) is 13.0 Å². The van der Waals surface area contributed by atoms with E-state index in [9.17, 15) is 17.6 Å². The summed E-state index contributed by atoms with van der Waals surface area (Å²) >= 11 is 0. The van der Waals surface area contributed by atoms with Gasteiger partial charge in [-0.3, -0.25) is 4.31 Å². The van der Waals surface area contributed by atoms with E-state index in [1.165, 1.54) is 23.5 Å². The van der Waals surface area contributed by atoms with Gasteiger partial charge in [0.1, 0.15) is 5.82 Å². The molecule has 0 N–H and O–H groups in total. The number of nitrogens with zero attached hydrogens (tertiary/aromatic N) is 2. The maximum Gasteiger partial charge on any atom is 0.337 e. The first-order valence-electron chi connectivity index (χ1n) is 11.8. The fourth-order valence-corrected chi connectivity index (χ4v) is 5.56. The molecule has 0 radical (unpaired) electrons. The number of piperidine rings is 1. The zero-order valence-electron chi connectivity index (χ0n) is 20.5. The molecule has 0 unspecified atom stereocenters. The van der Waals surface area contributed by atoms with Crippen LogP contribution in [0.2, 0.25) is 0 Å². The maximum absolute atomic E-state index is 14.8. The predicted octanol–water partition coefficient (Wildman–Crippen LogP) is 4.80. The van der Waals surface area contributed by atoms with Gasteiger partial charge >= 0.3 is 5.97 Å². The number of esters is 1. The maximum atomic E-state index is 14.8. The summed E-state index contributed by atoms with van der Waals surface area (Å²) in [5.41, 5.74) is 1.91. The lowest BCUT2D eigenvalue weighted by atomic mass is 9.89. The van der Waals surface area contributed by atoms with E-state index in [-0.39, 0.29) is 23.4 Å². The number of rotatable bonds is 9. The van der Waals surface area contributed by atoms with Crippen molar-refractivity contribution in [2.45, 2.75) is 46.1 Å². The third kappa shape index (κ3) is 6.36. The first-order valence-corrected chi connectivity index (χ1v) is 13.4. The number of carbonyl (C=O) groups is 1. The van der Waals surface area contributed by atoms with Crippen molar-refractivity contribution in [2.24, 2.45) is 5.92 Å². The van der Waals surface area contributed by atoms with Crippen molar-refractivity contribution in [3.05, 3.63) is 65.0 Å². The van der Waals surface area contributed by atoms with Gasteiger partial charge in [0.2, 0.25) is 10.0 Å². The van der Waals surface area contributed by atoms with Gasteiger partial charge in [0.05, 0.1) is 30.7 Å². The van der Waals surface area contributed by atoms with E-state index >= 15 is 0 Å². The summed E-state index contributed by atoms with van der Waals surface area (Å²) in [6.07, 6.45) is 2.06. The summed E-state index contributed by atoms with van der Waals surface area (Å²) in [6.45, 7) is 9.03. The minimum absolute atomic E-state index is 0.0828. The average molecular weight is 491 g/mol. The fourth-order valence-electron chi connectivity index (χ4n) is 4.48. The van der Waals surface area contributed by atoms with Crippen molar-refractivity contribution in [3.63, 3.8) is 0 Å². The highest BCUT2D eigenvalue weighted by Gasteiger charge is 2.25. The topological polar surface area (TPSA) is 66.9 Å². The van der Waals surface area contributed by atoms with Gasteiger partial charge in [-0.25, -0.2) is 17.6 Å². The van der Waals surface area contributed by atoms with Crippen LogP contribution in [0.15, 0.2) is 42.5 Å². The van der Waals surface area contributed by atoms with Crippen molar-refractivity contribution in [2.75, 3.05) is 36.8 Å². The second-order valence-corrected chi connectivity index (χ2v) is 11.5. The van der Waals surface area contributed by atoms with E-state index in [1.807, 2.05) is 12.1 Å². The smallest absolute Gasteiger partial charge is 0.337 e. The summed E-state index contributed by atoms with van der Waals surface area (Å²) < 4.78 is 46.7. The van der Waals surface area contributed by atoms with Gasteiger partial charge in [0, 0.05) is 12.1 Å². The molecule has 3 rings (SSSR count). The van der Waals surface area contributed by atoms with Gasteiger partial charge in [0.15, 0.2) is 0 Å². The Morgan fingerprint density at radius 3 is 2.47 bits per heavy atom. The van der Waals surface area contributed by atoms with E-state index < -0.39 is 21.8 Å². The Hall–Kier alpha value is -2.45. The Morgan fingerprint density at radius 2 is 1.88 bits per heavy atom. The third-order valence-corrected chi connectivity index (χ3v) is 8.07. The average Bonchev–Trinajstić information content (AvgIpc) is 2.82. The highest BCUT2D eigenvalue weighted by Crippen LogP contribution is 2.32. The number of ether oxygens (including phenoxy) is 1. The molecule has 8 heteroatoms. The first kappa shape index (κ1) is 26.2. The number of anilines is 1. The Bertz CT molecular complexity index is 1100. The zero-order valence-corrected chi connectivity index (χ0v) is 21.3. The van der Waals surface area contributed by atoms with Crippen LogP contribution in [0.5, 0.6) is 0 Å². The van der Waals surface area contributed by atoms with E-state index in [2.05, 4.69) is 29.6 Å². The molecule has 6 nitrogen and oxygen atoms in total. The molecule has 1 aliphatic rings. The van der Waals surface area contributed by atoms with Gasteiger partial charge in [-0.2, -0.15) is 0 Å². The normalized spacial score (nSPS) is 15.5. The molecule has 1 aliphatic heterocycles. The molecule has 0 aromatic heterocycles. The van der Waals surface area contributed by atoms with Crippen LogP contribution in [-0.2, 0) is 21.3 Å². The van der Waals surface area contributed by atoms with Crippen LogP contribution in [0.3, 0.4) is 0 Å². The van der Waals surface area contributed by atoms with E-state index in [0.29, 0.717) is 17.5 Å². The van der Waals surface area contributed by atoms with Gasteiger partial charge in [-0.1, -0.05) is 32.0 Å². The number of hydrogen-bond donors (Lipinski definition) is 0. The van der Waals surface area contributed by atoms with Crippen molar-refractivity contribution < 1.29 is 22.3 Å². The summed E-state index contributed by atoms with van der Waals surface area (Å²) in [4.78, 5) is 14.2. The van der Waals surface area contributed by atoms with Gasteiger partial charge in [0.25, 0.3) is 0 Å². The van der Waals surface area contributed by atoms with E-state index in [0.717, 1.165) is 44.1 Å². The zero-order chi connectivity index (χ0) is 24.9. The number of likely N-dealkylation sites (tertiary alicyclic amines) is 1. The second kappa shape index (κ2) is 11.3. The van der Waals surface area contributed by atoms with Gasteiger partial charge in [-0.15, -0.1) is 0 Å². The molecular weight excluding hydrogens is 455 g/mol. The molecule has 186 valence electrons. The Labute approximate surface area is 202 Å². The number of methoxy groups -OCH3 is 1. The van der Waals surface area contributed by atoms with Gasteiger partial charge < -0.3 is 9.64 Å². The molecule has 2 aromatic rings. The van der Waals surface area contributed by atoms with Crippen LogP contribution in [0.1, 0.15) is 61.0 Å². The number of halogens is 1. The van der Waals surface area contributed by atoms with Gasteiger partial charge in [-0.05, 0) is 74.5 Å². The van der Waals surface area contributed by atoms with Crippen molar-refractivity contribution in [3.8, 4) is 0 Å². The third-order valence-electron chi connectivity index (χ3n) is 6.33. The van der Waals surface area contributed by atoms with Crippen molar-refractivity contribution >= 4 is 21.7 Å². The fraction of sp³-hybridized carbons (Fsp3) is 0.500. The van der Waals surface area contributed by atoms with Crippen LogP contribution < -0.4 is 4.31 Å². The summed E-state index contributed by atoms with van der Waals surface area (Å²) in [6, 6.07) is 11.6. The predicted molar refractivity (Wildman–Crippen MR) is 133 cm³/mol. The quantitative estimate of drug-likeness (QED) is 0.472. The van der Waals surface area contributed by atoms with Crippen LogP contribution >= 0.6 is 0 Å². The minimum Gasteiger partial charge on any atom is -0.465 e. The first-order chi connectivity index (χ1) is 16.1. The highest BCUT2D eigenvalue weighted by atomic mass is 32.2. The molecule has 0 amide bonds. The van der Waals surface area contributed by atoms with Crippen LogP contribution in [-0.4, -0.2) is 51.8 Å². The molecule has 0 saturated carbocycles. The largest absolute Gasteiger partial charge is 0.465 e. The number of sulfonamides is 1. The molecule has 34 heavy (non-hydrogen) atoms. The molecule has 2 aromatic carbocycles. The van der Waals surface area contributed by atoms with Crippen molar-refractivity contribution in [1.82, 2.24) is 4.90 Å².